The second-order valence-corrected chi connectivity index (χ2v) is 7.37. The van der Waals surface area contributed by atoms with Gasteiger partial charge in [-0.3, -0.25) is 9.78 Å². The molecule has 22 heavy (non-hydrogen) atoms. The Kier molecular flexibility index (Phi) is 5.62. The second-order valence-electron chi connectivity index (χ2n) is 5.11. The van der Waals surface area contributed by atoms with Crippen LogP contribution in [-0.2, 0) is 14.8 Å². The maximum atomic E-state index is 12.1. The van der Waals surface area contributed by atoms with Gasteiger partial charge < -0.3 is 0 Å². The van der Waals surface area contributed by atoms with Gasteiger partial charge in [-0.15, -0.1) is 0 Å². The van der Waals surface area contributed by atoms with Gasteiger partial charge in [-0.2, -0.15) is 5.10 Å². The predicted molar refractivity (Wildman–Crippen MR) is 83.7 cm³/mol. The summed E-state index contributed by atoms with van der Waals surface area (Å²) in [7, 11) is -3.24. The van der Waals surface area contributed by atoms with Gasteiger partial charge in [-0.05, 0) is 37.5 Å². The number of amides is 1. The number of sulfonamides is 1. The van der Waals surface area contributed by atoms with Crippen molar-refractivity contribution in [2.24, 2.45) is 11.0 Å². The highest BCUT2D eigenvalue weighted by Gasteiger charge is 2.31. The van der Waals surface area contributed by atoms with Crippen molar-refractivity contribution in [2.45, 2.75) is 19.8 Å². The van der Waals surface area contributed by atoms with E-state index in [0.717, 1.165) is 5.56 Å². The number of hydrazone groups is 1. The Morgan fingerprint density at radius 1 is 1.50 bits per heavy atom. The molecule has 1 aromatic rings. The van der Waals surface area contributed by atoms with Crippen molar-refractivity contribution in [1.29, 1.82) is 0 Å². The van der Waals surface area contributed by atoms with E-state index in [0.29, 0.717) is 19.4 Å². The number of hydrogen-bond acceptors (Lipinski definition) is 5. The first-order chi connectivity index (χ1) is 10.5. The molecule has 0 aromatic carbocycles. The lowest BCUT2D eigenvalue weighted by molar-refractivity contribution is -0.126. The fourth-order valence-corrected chi connectivity index (χ4v) is 3.48. The van der Waals surface area contributed by atoms with Gasteiger partial charge in [0.15, 0.2) is 0 Å². The summed E-state index contributed by atoms with van der Waals surface area (Å²) in [6.07, 6.45) is 6.16. The number of pyridine rings is 1. The second kappa shape index (κ2) is 7.46. The van der Waals surface area contributed by atoms with Crippen molar-refractivity contribution < 1.29 is 13.2 Å². The van der Waals surface area contributed by atoms with Crippen LogP contribution >= 0.6 is 0 Å². The van der Waals surface area contributed by atoms with Crippen LogP contribution in [0.5, 0.6) is 0 Å². The van der Waals surface area contributed by atoms with Crippen LogP contribution in [-0.4, -0.2) is 48.7 Å². The van der Waals surface area contributed by atoms with E-state index >= 15 is 0 Å². The Balaban J connectivity index is 1.91. The molecule has 0 spiro atoms. The number of aromatic nitrogens is 1. The maximum absolute atomic E-state index is 12.1. The van der Waals surface area contributed by atoms with E-state index in [1.54, 1.807) is 31.5 Å². The first-order valence-electron chi connectivity index (χ1n) is 7.23. The molecule has 2 heterocycles. The van der Waals surface area contributed by atoms with Gasteiger partial charge in [0.1, 0.15) is 0 Å². The minimum Gasteiger partial charge on any atom is -0.273 e. The van der Waals surface area contributed by atoms with E-state index in [1.807, 2.05) is 0 Å². The van der Waals surface area contributed by atoms with E-state index in [-0.39, 0.29) is 24.1 Å². The van der Waals surface area contributed by atoms with Crippen LogP contribution in [0.15, 0.2) is 29.6 Å². The third kappa shape index (κ3) is 4.35. The number of nitrogens with one attached hydrogen (secondary N) is 1. The van der Waals surface area contributed by atoms with Crippen molar-refractivity contribution in [3.05, 3.63) is 30.1 Å². The average Bonchev–Trinajstić information content (AvgIpc) is 2.56. The van der Waals surface area contributed by atoms with Crippen molar-refractivity contribution >= 4 is 22.1 Å². The largest absolute Gasteiger partial charge is 0.273 e. The summed E-state index contributed by atoms with van der Waals surface area (Å²) < 4.78 is 25.2. The molecule has 0 saturated carbocycles. The monoisotopic (exact) mass is 324 g/mol. The minimum atomic E-state index is -3.24. The summed E-state index contributed by atoms with van der Waals surface area (Å²) in [5.74, 6) is -0.549. The van der Waals surface area contributed by atoms with Gasteiger partial charge in [-0.1, -0.05) is 0 Å². The first kappa shape index (κ1) is 16.6. The zero-order valence-electron chi connectivity index (χ0n) is 12.5. The van der Waals surface area contributed by atoms with Crippen molar-refractivity contribution in [2.75, 3.05) is 18.8 Å². The minimum absolute atomic E-state index is 0.0571. The quantitative estimate of drug-likeness (QED) is 0.634. The molecule has 1 unspecified atom stereocenters. The lowest BCUT2D eigenvalue weighted by Crippen LogP contribution is -2.45. The summed E-state index contributed by atoms with van der Waals surface area (Å²) in [5.41, 5.74) is 3.31. The molecule has 0 aliphatic carbocycles. The smallest absolute Gasteiger partial charge is 0.244 e. The zero-order valence-corrected chi connectivity index (χ0v) is 13.3. The normalized spacial score (nSPS) is 20.1. The van der Waals surface area contributed by atoms with Crippen LogP contribution in [0.1, 0.15) is 25.3 Å². The van der Waals surface area contributed by atoms with Gasteiger partial charge in [0.2, 0.25) is 15.9 Å². The molecule has 1 N–H and O–H groups in total. The Morgan fingerprint density at radius 2 is 2.23 bits per heavy atom. The molecular weight excluding hydrogens is 304 g/mol. The number of nitrogens with zero attached hydrogens (tertiary/aromatic N) is 3. The Hall–Kier alpha value is -1.80. The summed E-state index contributed by atoms with van der Waals surface area (Å²) >= 11 is 0. The van der Waals surface area contributed by atoms with Gasteiger partial charge in [0, 0.05) is 25.5 Å². The number of rotatable bonds is 5. The van der Waals surface area contributed by atoms with E-state index in [4.69, 9.17) is 0 Å². The van der Waals surface area contributed by atoms with Crippen LogP contribution in [0.3, 0.4) is 0 Å². The molecule has 1 aliphatic heterocycles. The van der Waals surface area contributed by atoms with Crippen LogP contribution in [0, 0.1) is 5.92 Å². The summed E-state index contributed by atoms with van der Waals surface area (Å²) in [6, 6.07) is 3.54. The fourth-order valence-electron chi connectivity index (χ4n) is 2.30. The summed E-state index contributed by atoms with van der Waals surface area (Å²) in [6.45, 7) is 2.32. The molecule has 8 heteroatoms. The molecule has 1 fully saturated rings. The highest BCUT2D eigenvalue weighted by Crippen LogP contribution is 2.19. The first-order valence-corrected chi connectivity index (χ1v) is 8.84. The number of hydrogen-bond donors (Lipinski definition) is 1. The van der Waals surface area contributed by atoms with Crippen molar-refractivity contribution in [3.63, 3.8) is 0 Å². The maximum Gasteiger partial charge on any atom is 0.244 e. The van der Waals surface area contributed by atoms with Gasteiger partial charge in [-0.25, -0.2) is 18.1 Å². The Morgan fingerprint density at radius 3 is 2.91 bits per heavy atom. The van der Waals surface area contributed by atoms with Crippen LogP contribution in [0.25, 0.3) is 0 Å². The van der Waals surface area contributed by atoms with E-state index in [1.165, 1.54) is 10.5 Å². The van der Waals surface area contributed by atoms with E-state index in [9.17, 15) is 13.2 Å². The van der Waals surface area contributed by atoms with Crippen molar-refractivity contribution in [1.82, 2.24) is 14.7 Å². The van der Waals surface area contributed by atoms with Crippen molar-refractivity contribution in [3.8, 4) is 0 Å². The summed E-state index contributed by atoms with van der Waals surface area (Å²) in [4.78, 5) is 16.0. The third-order valence-electron chi connectivity index (χ3n) is 3.61. The molecule has 1 amide bonds. The molecule has 0 radical (unpaired) electrons. The van der Waals surface area contributed by atoms with Crippen LogP contribution < -0.4 is 5.43 Å². The topological polar surface area (TPSA) is 91.7 Å². The fraction of sp³-hybridized carbons (Fsp3) is 0.500. The zero-order chi connectivity index (χ0) is 16.0. The molecule has 1 aliphatic rings. The molecule has 120 valence electrons. The van der Waals surface area contributed by atoms with Crippen LogP contribution in [0.4, 0.5) is 0 Å². The Labute approximate surface area is 130 Å². The highest BCUT2D eigenvalue weighted by molar-refractivity contribution is 7.89. The highest BCUT2D eigenvalue weighted by atomic mass is 32.2. The molecule has 1 atom stereocenters. The predicted octanol–water partition coefficient (Wildman–Crippen LogP) is 0.593. The van der Waals surface area contributed by atoms with E-state index < -0.39 is 10.0 Å². The average molecular weight is 324 g/mol. The van der Waals surface area contributed by atoms with E-state index in [2.05, 4.69) is 15.5 Å². The van der Waals surface area contributed by atoms with Gasteiger partial charge in [0.05, 0.1) is 17.9 Å². The van der Waals surface area contributed by atoms with Gasteiger partial charge in [0.25, 0.3) is 0 Å². The number of carbonyl (C=O) groups is 1. The molecule has 0 bridgehead atoms. The molecule has 7 nitrogen and oxygen atoms in total. The Bertz CT molecular complexity index is 631. The van der Waals surface area contributed by atoms with Gasteiger partial charge >= 0.3 is 0 Å². The number of carbonyl (C=O) groups excluding carboxylic acids is 1. The SMILES string of the molecule is CCS(=O)(=O)N1CCCC(C(=O)N/N=C/c2ccncc2)C1. The summed E-state index contributed by atoms with van der Waals surface area (Å²) in [5, 5.41) is 3.90. The lowest BCUT2D eigenvalue weighted by Gasteiger charge is -2.30. The van der Waals surface area contributed by atoms with Crippen LogP contribution in [0.2, 0.25) is 0 Å². The molecule has 1 aromatic heterocycles. The lowest BCUT2D eigenvalue weighted by atomic mass is 9.99. The molecule has 2 rings (SSSR count). The number of piperidine rings is 1. The molecule has 1 saturated heterocycles. The third-order valence-corrected chi connectivity index (χ3v) is 5.46. The molecular formula is C14H20N4O3S. The standard InChI is InChI=1S/C14H20N4O3S/c1-2-22(20,21)18-9-3-4-13(11-18)14(19)17-16-10-12-5-7-15-8-6-12/h5-8,10,13H,2-4,9,11H2,1H3,(H,17,19)/b16-10+.